The number of nitrogens with one attached hydrogen (secondary N) is 1. The largest absolute Gasteiger partial charge is 0.334 e. The summed E-state index contributed by atoms with van der Waals surface area (Å²) in [6.07, 6.45) is 4.41. The second-order valence-corrected chi connectivity index (χ2v) is 7.25. The average Bonchev–Trinajstić information content (AvgIpc) is 3.48. The van der Waals surface area contributed by atoms with Crippen LogP contribution < -0.4 is 0 Å². The third-order valence-electron chi connectivity index (χ3n) is 5.53. The number of hydrogen-bond donors (Lipinski definition) is 1. The number of carbonyl (C=O) groups is 1. The van der Waals surface area contributed by atoms with Gasteiger partial charge in [0.1, 0.15) is 11.6 Å². The highest BCUT2D eigenvalue weighted by Gasteiger charge is 2.38. The van der Waals surface area contributed by atoms with E-state index in [2.05, 4.69) is 10.2 Å². The minimum Gasteiger partial charge on any atom is -0.334 e. The molecule has 1 fully saturated rings. The average molecular weight is 377 g/mol. The number of H-pyrrole nitrogens is 1. The summed E-state index contributed by atoms with van der Waals surface area (Å²) in [7, 11) is 0. The summed E-state index contributed by atoms with van der Waals surface area (Å²) >= 11 is 0. The molecule has 0 saturated carbocycles. The molecule has 5 rings (SSSR count). The first-order chi connectivity index (χ1) is 13.6. The maximum Gasteiger partial charge on any atom is 0.275 e. The molecule has 1 N–H and O–H groups in total. The molecule has 0 atom stereocenters. The van der Waals surface area contributed by atoms with Crippen LogP contribution in [0.3, 0.4) is 0 Å². The minimum atomic E-state index is -0.610. The third-order valence-corrected chi connectivity index (χ3v) is 5.53. The number of hydrogen-bond acceptors (Lipinski definition) is 2. The van der Waals surface area contributed by atoms with Gasteiger partial charge in [0.2, 0.25) is 0 Å². The Labute approximate surface area is 160 Å². The molecular weight excluding hydrogens is 360 g/mol. The number of nitrogens with zero attached hydrogens (tertiary/aromatic N) is 2. The molecule has 0 radical (unpaired) electrons. The molecule has 0 unspecified atom stereocenters. The first-order valence-corrected chi connectivity index (χ1v) is 9.15. The number of aromatic nitrogens is 2. The van der Waals surface area contributed by atoms with E-state index < -0.39 is 5.41 Å². The zero-order valence-corrected chi connectivity index (χ0v) is 15.0. The van der Waals surface area contributed by atoms with Gasteiger partial charge in [-0.1, -0.05) is 36.4 Å². The van der Waals surface area contributed by atoms with Crippen LogP contribution in [-0.4, -0.2) is 34.1 Å². The lowest BCUT2D eigenvalue weighted by Gasteiger charge is -2.34. The Morgan fingerprint density at radius 3 is 2.07 bits per heavy atom. The van der Waals surface area contributed by atoms with Gasteiger partial charge in [-0.05, 0) is 35.4 Å². The van der Waals surface area contributed by atoms with E-state index in [0.29, 0.717) is 12.1 Å². The number of aromatic amines is 1. The Kier molecular flexibility index (Phi) is 3.69. The standard InChI is InChI=1S/C22H17F2N3O/c23-16-5-1-14(2-6-16)22(15-3-7-17(24)8-4-15)10-9-18-19(13-22)25-26-20(18)21(28)27-11-12-27/h1-10H,11-13H2,(H,25,26). The number of amides is 1. The second-order valence-electron chi connectivity index (χ2n) is 7.25. The van der Waals surface area contributed by atoms with Gasteiger partial charge < -0.3 is 4.90 Å². The zero-order chi connectivity index (χ0) is 19.3. The fourth-order valence-corrected chi connectivity index (χ4v) is 3.89. The molecule has 28 heavy (non-hydrogen) atoms. The SMILES string of the molecule is O=C(c1n[nH]c2c1C=CC(c1ccc(F)cc1)(c1ccc(F)cc1)C2)N1CC1. The smallest absolute Gasteiger partial charge is 0.275 e. The van der Waals surface area contributed by atoms with Gasteiger partial charge in [-0.25, -0.2) is 8.78 Å². The highest BCUT2D eigenvalue weighted by Crippen LogP contribution is 2.42. The maximum atomic E-state index is 13.5. The Morgan fingerprint density at radius 1 is 0.964 bits per heavy atom. The molecule has 1 amide bonds. The second kappa shape index (κ2) is 6.12. The van der Waals surface area contributed by atoms with E-state index >= 15 is 0 Å². The van der Waals surface area contributed by atoms with Crippen molar-refractivity contribution in [1.82, 2.24) is 15.1 Å². The molecule has 3 aromatic rings. The lowest BCUT2D eigenvalue weighted by Crippen LogP contribution is -2.30. The van der Waals surface area contributed by atoms with E-state index in [1.54, 1.807) is 29.2 Å². The summed E-state index contributed by atoms with van der Waals surface area (Å²) in [5.41, 5.74) is 3.21. The van der Waals surface area contributed by atoms with Gasteiger partial charge >= 0.3 is 0 Å². The van der Waals surface area contributed by atoms with Crippen molar-refractivity contribution in [1.29, 1.82) is 0 Å². The molecule has 1 aliphatic heterocycles. The van der Waals surface area contributed by atoms with Gasteiger partial charge in [-0.2, -0.15) is 5.10 Å². The molecule has 2 aliphatic rings. The van der Waals surface area contributed by atoms with E-state index in [4.69, 9.17) is 0 Å². The number of benzene rings is 2. The summed E-state index contributed by atoms with van der Waals surface area (Å²) in [4.78, 5) is 14.2. The molecule has 0 spiro atoms. The van der Waals surface area contributed by atoms with Crippen molar-refractivity contribution in [3.05, 3.63) is 94.3 Å². The normalized spacial score (nSPS) is 16.7. The summed E-state index contributed by atoms with van der Waals surface area (Å²) in [6, 6.07) is 12.7. The van der Waals surface area contributed by atoms with Crippen molar-refractivity contribution in [2.24, 2.45) is 0 Å². The number of carbonyl (C=O) groups excluding carboxylic acids is 1. The molecule has 1 aromatic heterocycles. The van der Waals surface area contributed by atoms with Crippen LogP contribution in [0.5, 0.6) is 0 Å². The van der Waals surface area contributed by atoms with Crippen molar-refractivity contribution in [3.63, 3.8) is 0 Å². The lowest BCUT2D eigenvalue weighted by atomic mass is 9.68. The number of rotatable bonds is 3. The van der Waals surface area contributed by atoms with Crippen molar-refractivity contribution in [2.45, 2.75) is 11.8 Å². The maximum absolute atomic E-state index is 13.5. The fourth-order valence-electron chi connectivity index (χ4n) is 3.89. The highest BCUT2D eigenvalue weighted by atomic mass is 19.1. The van der Waals surface area contributed by atoms with Gasteiger partial charge in [-0.15, -0.1) is 0 Å². The molecule has 6 heteroatoms. The fraction of sp³-hybridized carbons (Fsp3) is 0.182. The van der Waals surface area contributed by atoms with E-state index in [9.17, 15) is 13.6 Å². The van der Waals surface area contributed by atoms with Crippen molar-refractivity contribution in [2.75, 3.05) is 13.1 Å². The minimum absolute atomic E-state index is 0.0711. The van der Waals surface area contributed by atoms with Crippen LogP contribution in [0.15, 0.2) is 54.6 Å². The van der Waals surface area contributed by atoms with Crippen molar-refractivity contribution >= 4 is 12.0 Å². The molecule has 2 aromatic carbocycles. The third kappa shape index (κ3) is 2.64. The predicted molar refractivity (Wildman–Crippen MR) is 101 cm³/mol. The summed E-state index contributed by atoms with van der Waals surface area (Å²) in [5.74, 6) is -0.698. The summed E-state index contributed by atoms with van der Waals surface area (Å²) in [6.45, 7) is 1.53. The molecule has 140 valence electrons. The molecule has 4 nitrogen and oxygen atoms in total. The van der Waals surface area contributed by atoms with E-state index in [1.807, 2.05) is 12.2 Å². The van der Waals surface area contributed by atoms with Crippen molar-refractivity contribution in [3.8, 4) is 0 Å². The van der Waals surface area contributed by atoms with E-state index in [1.165, 1.54) is 24.3 Å². The van der Waals surface area contributed by atoms with Crippen LogP contribution in [0.1, 0.15) is 32.9 Å². The van der Waals surface area contributed by atoms with E-state index in [-0.39, 0.29) is 17.5 Å². The quantitative estimate of drug-likeness (QED) is 0.708. The Morgan fingerprint density at radius 2 is 1.54 bits per heavy atom. The molecule has 1 aliphatic carbocycles. The molecular formula is C22H17F2N3O. The van der Waals surface area contributed by atoms with E-state index in [0.717, 1.165) is 35.5 Å². The highest BCUT2D eigenvalue weighted by molar-refractivity contribution is 5.97. The lowest BCUT2D eigenvalue weighted by molar-refractivity contribution is 0.0880. The van der Waals surface area contributed by atoms with Gasteiger partial charge in [0.15, 0.2) is 5.69 Å². The topological polar surface area (TPSA) is 48.8 Å². The Balaban J connectivity index is 1.63. The zero-order valence-electron chi connectivity index (χ0n) is 15.0. The van der Waals surface area contributed by atoms with Crippen LogP contribution in [0.4, 0.5) is 8.78 Å². The number of halogens is 2. The van der Waals surface area contributed by atoms with Crippen LogP contribution in [-0.2, 0) is 11.8 Å². The molecule has 1 saturated heterocycles. The van der Waals surface area contributed by atoms with Crippen molar-refractivity contribution < 1.29 is 13.6 Å². The first-order valence-electron chi connectivity index (χ1n) is 9.15. The number of fused-ring (bicyclic) bond motifs is 1. The first kappa shape index (κ1) is 16.9. The van der Waals surface area contributed by atoms with Crippen LogP contribution in [0.2, 0.25) is 0 Å². The van der Waals surface area contributed by atoms with Crippen LogP contribution in [0, 0.1) is 11.6 Å². The molecule has 0 bridgehead atoms. The Hall–Kier alpha value is -3.28. The van der Waals surface area contributed by atoms with Gasteiger partial charge in [0.05, 0.1) is 0 Å². The monoisotopic (exact) mass is 377 g/mol. The number of allylic oxidation sites excluding steroid dienone is 1. The molecule has 2 heterocycles. The van der Waals surface area contributed by atoms with Crippen LogP contribution in [0.25, 0.3) is 6.08 Å². The summed E-state index contributed by atoms with van der Waals surface area (Å²) in [5, 5.41) is 7.26. The van der Waals surface area contributed by atoms with Crippen LogP contribution >= 0.6 is 0 Å². The van der Waals surface area contributed by atoms with Gasteiger partial charge in [0.25, 0.3) is 5.91 Å². The predicted octanol–water partition coefficient (Wildman–Crippen LogP) is 3.70. The summed E-state index contributed by atoms with van der Waals surface area (Å²) < 4.78 is 27.0. The van der Waals surface area contributed by atoms with Gasteiger partial charge in [-0.3, -0.25) is 9.89 Å². The van der Waals surface area contributed by atoms with Gasteiger partial charge in [0, 0.05) is 36.2 Å². The Bertz CT molecular complexity index is 1030.